The van der Waals surface area contributed by atoms with E-state index in [0.29, 0.717) is 24.7 Å². The molecule has 0 aromatic heterocycles. The van der Waals surface area contributed by atoms with Crippen LogP contribution in [0.4, 0.5) is 0 Å². The monoisotopic (exact) mass is 307 g/mol. The molecule has 0 saturated heterocycles. The minimum absolute atomic E-state index is 0.193. The molecule has 116 valence electrons. The minimum Gasteiger partial charge on any atom is -0.486 e. The number of nitrogens with one attached hydrogen (secondary N) is 2. The summed E-state index contributed by atoms with van der Waals surface area (Å²) in [5, 5.41) is 10.5. The van der Waals surface area contributed by atoms with E-state index in [0.717, 1.165) is 0 Å². The maximum Gasteiger partial charge on any atom is 0.269 e. The lowest BCUT2D eigenvalue weighted by molar-refractivity contribution is -0.497. The van der Waals surface area contributed by atoms with Crippen molar-refractivity contribution in [2.24, 2.45) is 5.92 Å². The molecule has 1 heterocycles. The highest BCUT2D eigenvalue weighted by Crippen LogP contribution is 2.33. The van der Waals surface area contributed by atoms with Crippen molar-refractivity contribution < 1.29 is 24.0 Å². The first-order valence-electron chi connectivity index (χ1n) is 6.69. The first-order chi connectivity index (χ1) is 10.6. The molecule has 1 aromatic rings. The summed E-state index contributed by atoms with van der Waals surface area (Å²) in [6.45, 7) is 0.854. The van der Waals surface area contributed by atoms with Gasteiger partial charge in [-0.05, 0) is 18.2 Å². The predicted octanol–water partition coefficient (Wildman–Crippen LogP) is -0.116. The largest absolute Gasteiger partial charge is 0.486 e. The molecule has 0 radical (unpaired) electrons. The van der Waals surface area contributed by atoms with E-state index in [1.54, 1.807) is 6.07 Å². The quantitative estimate of drug-likeness (QED) is 0.593. The van der Waals surface area contributed by atoms with Crippen LogP contribution in [0.5, 0.6) is 11.5 Å². The normalized spacial score (nSPS) is 21.6. The van der Waals surface area contributed by atoms with E-state index in [4.69, 9.17) is 9.47 Å². The summed E-state index contributed by atoms with van der Waals surface area (Å²) in [5.74, 6) is -0.772. The van der Waals surface area contributed by atoms with Crippen LogP contribution in [0.2, 0.25) is 0 Å². The van der Waals surface area contributed by atoms with Crippen LogP contribution in [0.25, 0.3) is 0 Å². The number of fused-ring (bicyclic) bond motifs is 1. The number of hydrazine groups is 1. The highest BCUT2D eigenvalue weighted by Gasteiger charge is 2.53. The molecule has 2 atom stereocenters. The number of nitrogens with zero attached hydrogens (tertiary/aromatic N) is 1. The Bertz CT molecular complexity index is 647. The Labute approximate surface area is 124 Å². The summed E-state index contributed by atoms with van der Waals surface area (Å²) < 4.78 is 10.7. The Hall–Kier alpha value is -2.84. The van der Waals surface area contributed by atoms with Gasteiger partial charge in [0, 0.05) is 16.9 Å². The summed E-state index contributed by atoms with van der Waals surface area (Å²) in [6, 6.07) is 3.79. The zero-order chi connectivity index (χ0) is 15.7. The lowest BCUT2D eigenvalue weighted by Gasteiger charge is -2.18. The molecular formula is C13H13N3O6. The highest BCUT2D eigenvalue weighted by molar-refractivity contribution is 5.96. The number of benzene rings is 1. The van der Waals surface area contributed by atoms with Crippen molar-refractivity contribution in [3.8, 4) is 11.5 Å². The van der Waals surface area contributed by atoms with Crippen molar-refractivity contribution >= 4 is 11.8 Å². The number of rotatable bonds is 3. The molecule has 2 unspecified atom stereocenters. The summed E-state index contributed by atoms with van der Waals surface area (Å²) in [4.78, 5) is 33.5. The van der Waals surface area contributed by atoms with E-state index < -0.39 is 28.7 Å². The number of ether oxygens (including phenoxy) is 2. The number of carbonyl (C=O) groups excluding carboxylic acids is 2. The molecule has 2 N–H and O–H groups in total. The molecule has 1 saturated carbocycles. The molecule has 2 aliphatic rings. The van der Waals surface area contributed by atoms with Crippen LogP contribution in [-0.4, -0.2) is 36.0 Å². The summed E-state index contributed by atoms with van der Waals surface area (Å²) in [5.41, 5.74) is 4.71. The minimum atomic E-state index is -0.855. The fourth-order valence-corrected chi connectivity index (χ4v) is 2.16. The molecule has 1 aliphatic heterocycles. The zero-order valence-corrected chi connectivity index (χ0v) is 11.4. The Morgan fingerprint density at radius 3 is 2.59 bits per heavy atom. The number of hydrogen-bond acceptors (Lipinski definition) is 6. The average molecular weight is 307 g/mol. The van der Waals surface area contributed by atoms with Crippen molar-refractivity contribution in [2.45, 2.75) is 12.5 Å². The van der Waals surface area contributed by atoms with Gasteiger partial charge in [-0.1, -0.05) is 0 Å². The molecule has 1 fully saturated rings. The molecule has 1 aromatic carbocycles. The van der Waals surface area contributed by atoms with Crippen LogP contribution in [0.15, 0.2) is 18.2 Å². The zero-order valence-electron chi connectivity index (χ0n) is 11.4. The molecule has 9 heteroatoms. The van der Waals surface area contributed by atoms with E-state index in [1.165, 1.54) is 12.1 Å². The second-order valence-corrected chi connectivity index (χ2v) is 5.00. The first-order valence-corrected chi connectivity index (χ1v) is 6.69. The summed E-state index contributed by atoms with van der Waals surface area (Å²) in [7, 11) is 0. The smallest absolute Gasteiger partial charge is 0.269 e. The van der Waals surface area contributed by atoms with E-state index in [2.05, 4.69) is 10.9 Å². The SMILES string of the molecule is O=C(NNC(=O)C1CC1[N+](=O)[O-])c1ccc2c(c1)OCCO2. The topological polar surface area (TPSA) is 120 Å². The van der Waals surface area contributed by atoms with Gasteiger partial charge in [0.15, 0.2) is 11.5 Å². The standard InChI is InChI=1S/C13H13N3O6/c17-12(14-15-13(18)8-6-9(8)16(19)20)7-1-2-10-11(5-7)22-4-3-21-10/h1-2,5,8-9H,3-4,6H2,(H,14,17)(H,15,18). The molecule has 0 spiro atoms. The van der Waals surface area contributed by atoms with E-state index in [-0.39, 0.29) is 12.0 Å². The lowest BCUT2D eigenvalue weighted by Crippen LogP contribution is -2.43. The van der Waals surface area contributed by atoms with Gasteiger partial charge < -0.3 is 9.47 Å². The second kappa shape index (κ2) is 5.51. The Kier molecular flexibility index (Phi) is 3.53. The molecule has 1 aliphatic carbocycles. The average Bonchev–Trinajstić information content (AvgIpc) is 3.32. The Morgan fingerprint density at radius 1 is 1.18 bits per heavy atom. The van der Waals surface area contributed by atoms with Crippen LogP contribution in [-0.2, 0) is 4.79 Å². The van der Waals surface area contributed by atoms with E-state index >= 15 is 0 Å². The van der Waals surface area contributed by atoms with Crippen LogP contribution >= 0.6 is 0 Å². The Balaban J connectivity index is 1.56. The third-order valence-electron chi connectivity index (χ3n) is 3.47. The van der Waals surface area contributed by atoms with Crippen LogP contribution in [0.3, 0.4) is 0 Å². The number of amides is 2. The van der Waals surface area contributed by atoms with Crippen molar-refractivity contribution in [2.75, 3.05) is 13.2 Å². The number of carbonyl (C=O) groups is 2. The van der Waals surface area contributed by atoms with Gasteiger partial charge >= 0.3 is 0 Å². The third kappa shape index (κ3) is 2.78. The van der Waals surface area contributed by atoms with Gasteiger partial charge in [0.1, 0.15) is 19.1 Å². The fraction of sp³-hybridized carbons (Fsp3) is 0.385. The van der Waals surface area contributed by atoms with E-state index in [9.17, 15) is 19.7 Å². The van der Waals surface area contributed by atoms with Gasteiger partial charge in [0.25, 0.3) is 5.91 Å². The van der Waals surface area contributed by atoms with Crippen molar-refractivity contribution in [3.63, 3.8) is 0 Å². The molecule has 9 nitrogen and oxygen atoms in total. The number of hydrogen-bond donors (Lipinski definition) is 2. The van der Waals surface area contributed by atoms with Gasteiger partial charge in [-0.3, -0.25) is 30.6 Å². The van der Waals surface area contributed by atoms with Crippen LogP contribution < -0.4 is 20.3 Å². The molecular weight excluding hydrogens is 294 g/mol. The summed E-state index contributed by atoms with van der Waals surface area (Å²) >= 11 is 0. The van der Waals surface area contributed by atoms with Crippen molar-refractivity contribution in [1.29, 1.82) is 0 Å². The van der Waals surface area contributed by atoms with Crippen LogP contribution in [0.1, 0.15) is 16.8 Å². The lowest BCUT2D eigenvalue weighted by atomic mass is 10.2. The molecule has 3 rings (SSSR count). The second-order valence-electron chi connectivity index (χ2n) is 5.00. The number of nitro groups is 1. The molecule has 22 heavy (non-hydrogen) atoms. The molecule has 2 amide bonds. The van der Waals surface area contributed by atoms with Crippen LogP contribution in [0, 0.1) is 16.0 Å². The first kappa shape index (κ1) is 14.1. The fourth-order valence-electron chi connectivity index (χ4n) is 2.16. The molecule has 0 bridgehead atoms. The van der Waals surface area contributed by atoms with Gasteiger partial charge in [-0.25, -0.2) is 0 Å². The maximum atomic E-state index is 11.9. The Morgan fingerprint density at radius 2 is 1.91 bits per heavy atom. The van der Waals surface area contributed by atoms with E-state index in [1.807, 2.05) is 0 Å². The highest BCUT2D eigenvalue weighted by atomic mass is 16.6. The van der Waals surface area contributed by atoms with Crippen molar-refractivity contribution in [3.05, 3.63) is 33.9 Å². The van der Waals surface area contributed by atoms with Gasteiger partial charge in [0.2, 0.25) is 11.9 Å². The van der Waals surface area contributed by atoms with Gasteiger partial charge in [-0.15, -0.1) is 0 Å². The van der Waals surface area contributed by atoms with Gasteiger partial charge in [0.05, 0.1) is 0 Å². The maximum absolute atomic E-state index is 11.9. The van der Waals surface area contributed by atoms with Gasteiger partial charge in [-0.2, -0.15) is 0 Å². The predicted molar refractivity (Wildman–Crippen MR) is 71.9 cm³/mol. The summed E-state index contributed by atoms with van der Waals surface area (Å²) in [6.07, 6.45) is 0.193. The van der Waals surface area contributed by atoms with Crippen molar-refractivity contribution in [1.82, 2.24) is 10.9 Å². The third-order valence-corrected chi connectivity index (χ3v) is 3.47.